The second kappa shape index (κ2) is 10.1. The Balaban J connectivity index is 2.61. The van der Waals surface area contributed by atoms with Gasteiger partial charge in [0.05, 0.1) is 11.5 Å². The van der Waals surface area contributed by atoms with Gasteiger partial charge in [-0.05, 0) is 44.3 Å². The van der Waals surface area contributed by atoms with Crippen molar-refractivity contribution in [3.05, 3.63) is 0 Å². The van der Waals surface area contributed by atoms with E-state index in [1.54, 1.807) is 0 Å². The highest BCUT2D eigenvalue weighted by Gasteiger charge is 2.43. The second-order valence-corrected chi connectivity index (χ2v) is 7.85. The lowest BCUT2D eigenvalue weighted by atomic mass is 9.68. The fourth-order valence-corrected chi connectivity index (χ4v) is 3.73. The van der Waals surface area contributed by atoms with Crippen LogP contribution in [0.2, 0.25) is 6.32 Å². The molecule has 0 bridgehead atoms. The van der Waals surface area contributed by atoms with Crippen LogP contribution in [-0.2, 0) is 9.59 Å². The Bertz CT molecular complexity index is 447. The maximum absolute atomic E-state index is 12.2. The summed E-state index contributed by atoms with van der Waals surface area (Å²) in [5.41, 5.74) is 5.07. The molecule has 0 spiro atoms. The molecule has 7 nitrogen and oxygen atoms in total. The summed E-state index contributed by atoms with van der Waals surface area (Å²) in [6, 6.07) is -0.730. The lowest BCUT2D eigenvalue weighted by Crippen LogP contribution is -2.50. The van der Waals surface area contributed by atoms with Crippen LogP contribution in [0.3, 0.4) is 0 Å². The summed E-state index contributed by atoms with van der Waals surface area (Å²) in [5.74, 6) is -0.710. The summed E-state index contributed by atoms with van der Waals surface area (Å²) in [4.78, 5) is 24.1. The molecule has 0 aromatic rings. The second-order valence-electron chi connectivity index (χ2n) is 7.85. The molecule has 144 valence electrons. The van der Waals surface area contributed by atoms with Gasteiger partial charge >= 0.3 is 13.1 Å². The topological polar surface area (TPSA) is 133 Å². The molecule has 0 aromatic carbocycles. The number of amides is 1. The number of carboxylic acids is 1. The van der Waals surface area contributed by atoms with Gasteiger partial charge in [-0.15, -0.1) is 0 Å². The summed E-state index contributed by atoms with van der Waals surface area (Å²) in [7, 11) is -1.35. The molecular weight excluding hydrogens is 323 g/mol. The van der Waals surface area contributed by atoms with Gasteiger partial charge in [-0.1, -0.05) is 33.1 Å². The molecule has 0 aliphatic heterocycles. The molecule has 0 aromatic heterocycles. The molecule has 1 saturated carbocycles. The number of nitrogens with one attached hydrogen (secondary N) is 1. The van der Waals surface area contributed by atoms with E-state index in [-0.39, 0.29) is 18.3 Å². The van der Waals surface area contributed by atoms with Crippen LogP contribution in [0, 0.1) is 11.3 Å². The molecule has 0 unspecified atom stereocenters. The van der Waals surface area contributed by atoms with Gasteiger partial charge in [0, 0.05) is 6.04 Å². The Morgan fingerprint density at radius 1 is 1.32 bits per heavy atom. The Hall–Kier alpha value is -1.12. The predicted molar refractivity (Wildman–Crippen MR) is 96.7 cm³/mol. The van der Waals surface area contributed by atoms with Crippen molar-refractivity contribution in [2.24, 2.45) is 17.1 Å². The van der Waals surface area contributed by atoms with E-state index in [0.717, 1.165) is 12.8 Å². The average molecular weight is 356 g/mol. The first-order valence-corrected chi connectivity index (χ1v) is 9.32. The summed E-state index contributed by atoms with van der Waals surface area (Å²) >= 11 is 0. The Kier molecular flexibility index (Phi) is 8.89. The summed E-state index contributed by atoms with van der Waals surface area (Å²) in [6.07, 6.45) is 5.05. The molecule has 0 saturated heterocycles. The number of nitrogens with two attached hydrogens (primary N) is 1. The number of carboxylic acid groups (broad SMARTS) is 1. The van der Waals surface area contributed by atoms with E-state index >= 15 is 0 Å². The number of hydrogen-bond acceptors (Lipinski definition) is 5. The van der Waals surface area contributed by atoms with Crippen LogP contribution in [0.4, 0.5) is 0 Å². The van der Waals surface area contributed by atoms with E-state index in [4.69, 9.17) is 15.8 Å². The predicted octanol–water partition coefficient (Wildman–Crippen LogP) is 1.13. The zero-order valence-electron chi connectivity index (χ0n) is 15.4. The first kappa shape index (κ1) is 21.9. The maximum Gasteiger partial charge on any atom is 0.451 e. The molecule has 1 amide bonds. The van der Waals surface area contributed by atoms with Crippen LogP contribution >= 0.6 is 0 Å². The summed E-state index contributed by atoms with van der Waals surface area (Å²) in [5, 5.41) is 30.5. The zero-order chi connectivity index (χ0) is 19.0. The minimum Gasteiger partial charge on any atom is -0.481 e. The first-order chi connectivity index (χ1) is 11.7. The third-order valence-electron chi connectivity index (χ3n) is 5.07. The molecular formula is C17H33BN2O5. The van der Waals surface area contributed by atoms with E-state index < -0.39 is 24.5 Å². The van der Waals surface area contributed by atoms with Crippen LogP contribution in [0.15, 0.2) is 0 Å². The van der Waals surface area contributed by atoms with Gasteiger partial charge < -0.3 is 26.2 Å². The smallest absolute Gasteiger partial charge is 0.451 e. The van der Waals surface area contributed by atoms with Gasteiger partial charge in [-0.25, -0.2) is 0 Å². The van der Waals surface area contributed by atoms with Gasteiger partial charge in [-0.2, -0.15) is 0 Å². The normalized spacial score (nSPS) is 24.8. The highest BCUT2D eigenvalue weighted by Crippen LogP contribution is 2.41. The molecule has 1 aliphatic rings. The van der Waals surface area contributed by atoms with Crippen molar-refractivity contribution in [3.8, 4) is 0 Å². The highest BCUT2D eigenvalue weighted by molar-refractivity contribution is 6.40. The molecule has 6 N–H and O–H groups in total. The fourth-order valence-electron chi connectivity index (χ4n) is 3.73. The van der Waals surface area contributed by atoms with Crippen molar-refractivity contribution in [2.75, 3.05) is 0 Å². The van der Waals surface area contributed by atoms with Crippen LogP contribution in [0.5, 0.6) is 0 Å². The number of carbonyl (C=O) groups excluding carboxylic acids is 1. The summed E-state index contributed by atoms with van der Waals surface area (Å²) in [6.45, 7) is 4.01. The number of carbonyl (C=O) groups is 2. The summed E-state index contributed by atoms with van der Waals surface area (Å²) < 4.78 is 0. The number of rotatable bonds is 10. The van der Waals surface area contributed by atoms with Crippen molar-refractivity contribution < 1.29 is 24.7 Å². The zero-order valence-corrected chi connectivity index (χ0v) is 15.4. The molecule has 25 heavy (non-hydrogen) atoms. The molecule has 1 aliphatic carbocycles. The average Bonchev–Trinajstić information content (AvgIpc) is 2.51. The molecule has 1 rings (SSSR count). The Morgan fingerprint density at radius 2 is 2.00 bits per heavy atom. The first-order valence-electron chi connectivity index (χ1n) is 9.32. The largest absolute Gasteiger partial charge is 0.481 e. The Morgan fingerprint density at radius 3 is 2.56 bits per heavy atom. The van der Waals surface area contributed by atoms with Crippen molar-refractivity contribution in [3.63, 3.8) is 0 Å². The van der Waals surface area contributed by atoms with Gasteiger partial charge in [0.25, 0.3) is 0 Å². The van der Waals surface area contributed by atoms with E-state index in [1.165, 1.54) is 0 Å². The molecule has 3 atom stereocenters. The van der Waals surface area contributed by atoms with Crippen molar-refractivity contribution >= 4 is 19.0 Å². The third kappa shape index (κ3) is 7.34. The number of hydrogen-bond donors (Lipinski definition) is 5. The number of unbranched alkanes of at least 4 members (excludes halogenated alkanes) is 1. The standard InChI is InChI=1S/C17H33BN2O5/c1-12(2)10-14(19)15(21)20-13-6-5-8-17(11-13,16(22)23)7-3-4-9-18(24)25/h12-14,24-25H,3-11,19H2,1-2H3,(H,20,21)(H,22,23)/t13-,14-,17+/m0/s1. The van der Waals surface area contributed by atoms with E-state index in [2.05, 4.69) is 5.32 Å². The van der Waals surface area contributed by atoms with Crippen molar-refractivity contribution in [2.45, 2.75) is 83.6 Å². The lowest BCUT2D eigenvalue weighted by molar-refractivity contribution is -0.152. The SMILES string of the molecule is CC(C)C[C@H](N)C(=O)N[C@H]1CCC[C@@](CCCCB(O)O)(C(=O)O)C1. The minimum absolute atomic E-state index is 0.168. The molecule has 0 heterocycles. The van der Waals surface area contributed by atoms with E-state index in [0.29, 0.717) is 44.4 Å². The Labute approximate surface area is 150 Å². The van der Waals surface area contributed by atoms with E-state index in [1.807, 2.05) is 13.8 Å². The van der Waals surface area contributed by atoms with Crippen LogP contribution < -0.4 is 11.1 Å². The van der Waals surface area contributed by atoms with Crippen LogP contribution in [0.25, 0.3) is 0 Å². The molecule has 0 radical (unpaired) electrons. The minimum atomic E-state index is -1.35. The number of aliphatic carboxylic acids is 1. The van der Waals surface area contributed by atoms with Crippen molar-refractivity contribution in [1.82, 2.24) is 5.32 Å². The third-order valence-corrected chi connectivity index (χ3v) is 5.07. The molecule has 8 heteroatoms. The maximum atomic E-state index is 12.2. The van der Waals surface area contributed by atoms with Crippen molar-refractivity contribution in [1.29, 1.82) is 0 Å². The molecule has 1 fully saturated rings. The highest BCUT2D eigenvalue weighted by atomic mass is 16.4. The van der Waals surface area contributed by atoms with Gasteiger partial charge in [0.2, 0.25) is 5.91 Å². The van der Waals surface area contributed by atoms with Gasteiger partial charge in [0.15, 0.2) is 0 Å². The van der Waals surface area contributed by atoms with Crippen LogP contribution in [-0.4, -0.2) is 46.2 Å². The quantitative estimate of drug-likeness (QED) is 0.294. The van der Waals surface area contributed by atoms with Crippen LogP contribution in [0.1, 0.15) is 65.2 Å². The van der Waals surface area contributed by atoms with Gasteiger partial charge in [0.1, 0.15) is 0 Å². The van der Waals surface area contributed by atoms with Gasteiger partial charge in [-0.3, -0.25) is 9.59 Å². The van der Waals surface area contributed by atoms with E-state index in [9.17, 15) is 14.7 Å². The lowest BCUT2D eigenvalue weighted by Gasteiger charge is -2.38. The monoisotopic (exact) mass is 356 g/mol. The fraction of sp³-hybridized carbons (Fsp3) is 0.882.